The highest BCUT2D eigenvalue weighted by Crippen LogP contribution is 2.33. The number of nitrogens with one attached hydrogen (secondary N) is 2. The van der Waals surface area contributed by atoms with Crippen LogP contribution in [0.2, 0.25) is 10.2 Å². The smallest absolute Gasteiger partial charge is 0.268 e. The van der Waals surface area contributed by atoms with Gasteiger partial charge in [0, 0.05) is 34.6 Å². The molecule has 0 aliphatic heterocycles. The van der Waals surface area contributed by atoms with Gasteiger partial charge in [0.15, 0.2) is 0 Å². The fourth-order valence-corrected chi connectivity index (χ4v) is 3.49. The Morgan fingerprint density at radius 3 is 2.74 bits per heavy atom. The highest BCUT2D eigenvalue weighted by molar-refractivity contribution is 6.30. The molecule has 1 amide bonds. The van der Waals surface area contributed by atoms with Crippen molar-refractivity contribution in [2.24, 2.45) is 0 Å². The van der Waals surface area contributed by atoms with Crippen LogP contribution in [-0.2, 0) is 13.2 Å². The minimum atomic E-state index is -0.215. The second-order valence-corrected chi connectivity index (χ2v) is 7.08. The maximum atomic E-state index is 12.7. The van der Waals surface area contributed by atoms with Crippen molar-refractivity contribution in [2.45, 2.75) is 27.0 Å². The van der Waals surface area contributed by atoms with E-state index < -0.39 is 0 Å². The molecule has 5 nitrogen and oxygen atoms in total. The third kappa shape index (κ3) is 4.16. The fourth-order valence-electron chi connectivity index (χ4n) is 3.12. The molecule has 0 radical (unpaired) electrons. The number of aromatic nitrogens is 2. The van der Waals surface area contributed by atoms with E-state index in [4.69, 9.17) is 23.2 Å². The first-order valence-corrected chi connectivity index (χ1v) is 9.13. The summed E-state index contributed by atoms with van der Waals surface area (Å²) < 4.78 is 0. The second kappa shape index (κ2) is 8.13. The van der Waals surface area contributed by atoms with E-state index in [9.17, 15) is 9.90 Å². The normalized spacial score (nSPS) is 10.9. The molecule has 0 fully saturated rings. The summed E-state index contributed by atoms with van der Waals surface area (Å²) in [5, 5.41) is 13.5. The SMILES string of the molecule is Cc1[nH]c(C(=O)NCc2cccc(Cl)c2)c(C)c1-c1cc(Cl)ncc1CO. The first-order chi connectivity index (χ1) is 12.9. The minimum Gasteiger partial charge on any atom is -0.392 e. The number of halogens is 2. The Balaban J connectivity index is 1.89. The summed E-state index contributed by atoms with van der Waals surface area (Å²) in [5.41, 5.74) is 5.25. The lowest BCUT2D eigenvalue weighted by molar-refractivity contribution is 0.0946. The number of carbonyl (C=O) groups is 1. The summed E-state index contributed by atoms with van der Waals surface area (Å²) >= 11 is 12.0. The van der Waals surface area contributed by atoms with Gasteiger partial charge in [-0.3, -0.25) is 4.79 Å². The first kappa shape index (κ1) is 19.4. The Morgan fingerprint density at radius 1 is 1.26 bits per heavy atom. The molecule has 0 aliphatic carbocycles. The van der Waals surface area contributed by atoms with Crippen molar-refractivity contribution >= 4 is 29.1 Å². The zero-order chi connectivity index (χ0) is 19.6. The number of benzene rings is 1. The maximum absolute atomic E-state index is 12.7. The Hall–Kier alpha value is -2.34. The Bertz CT molecular complexity index is 999. The summed E-state index contributed by atoms with van der Waals surface area (Å²) in [6, 6.07) is 9.04. The average Bonchev–Trinajstić information content (AvgIpc) is 2.94. The van der Waals surface area contributed by atoms with Gasteiger partial charge in [-0.25, -0.2) is 4.98 Å². The average molecular weight is 404 g/mol. The molecule has 2 aromatic heterocycles. The molecule has 140 valence electrons. The highest BCUT2D eigenvalue weighted by Gasteiger charge is 2.20. The number of carbonyl (C=O) groups excluding carboxylic acids is 1. The number of hydrogen-bond donors (Lipinski definition) is 3. The lowest BCUT2D eigenvalue weighted by Gasteiger charge is -2.09. The van der Waals surface area contributed by atoms with E-state index in [0.717, 1.165) is 27.9 Å². The monoisotopic (exact) mass is 403 g/mol. The van der Waals surface area contributed by atoms with Crippen molar-refractivity contribution in [2.75, 3.05) is 0 Å². The largest absolute Gasteiger partial charge is 0.392 e. The maximum Gasteiger partial charge on any atom is 0.268 e. The Kier molecular flexibility index (Phi) is 5.85. The second-order valence-electron chi connectivity index (χ2n) is 6.26. The molecule has 3 aromatic rings. The van der Waals surface area contributed by atoms with Gasteiger partial charge in [-0.15, -0.1) is 0 Å². The molecular weight excluding hydrogens is 385 g/mol. The van der Waals surface area contributed by atoms with Gasteiger partial charge in [0.05, 0.1) is 6.61 Å². The van der Waals surface area contributed by atoms with Gasteiger partial charge in [0.25, 0.3) is 5.91 Å². The molecule has 0 aliphatic rings. The van der Waals surface area contributed by atoms with Crippen LogP contribution in [0.1, 0.15) is 32.9 Å². The summed E-state index contributed by atoms with van der Waals surface area (Å²) in [5.74, 6) is -0.215. The van der Waals surface area contributed by atoms with Crippen LogP contribution in [0.15, 0.2) is 36.5 Å². The lowest BCUT2D eigenvalue weighted by atomic mass is 9.98. The van der Waals surface area contributed by atoms with Crippen LogP contribution in [0.25, 0.3) is 11.1 Å². The number of nitrogens with zero attached hydrogens (tertiary/aromatic N) is 1. The molecule has 27 heavy (non-hydrogen) atoms. The molecule has 0 spiro atoms. The fraction of sp³-hybridized carbons (Fsp3) is 0.200. The van der Waals surface area contributed by atoms with Crippen LogP contribution in [0.4, 0.5) is 0 Å². The van der Waals surface area contributed by atoms with Gasteiger partial charge in [0.1, 0.15) is 10.8 Å². The molecule has 0 saturated heterocycles. The van der Waals surface area contributed by atoms with E-state index in [1.165, 1.54) is 0 Å². The van der Waals surface area contributed by atoms with E-state index in [1.807, 2.05) is 32.0 Å². The predicted octanol–water partition coefficient (Wildman–Crippen LogP) is 4.42. The van der Waals surface area contributed by atoms with Gasteiger partial charge in [0.2, 0.25) is 0 Å². The Morgan fingerprint density at radius 2 is 2.04 bits per heavy atom. The van der Waals surface area contributed by atoms with E-state index in [2.05, 4.69) is 15.3 Å². The lowest BCUT2D eigenvalue weighted by Crippen LogP contribution is -2.23. The topological polar surface area (TPSA) is 78.0 Å². The third-order valence-corrected chi connectivity index (χ3v) is 4.84. The molecular formula is C20H19Cl2N3O2. The molecule has 0 saturated carbocycles. The number of rotatable bonds is 5. The summed E-state index contributed by atoms with van der Waals surface area (Å²) in [7, 11) is 0. The van der Waals surface area contributed by atoms with Crippen molar-refractivity contribution in [3.05, 3.63) is 74.8 Å². The van der Waals surface area contributed by atoms with Crippen LogP contribution >= 0.6 is 23.2 Å². The molecule has 3 N–H and O–H groups in total. The van der Waals surface area contributed by atoms with Crippen LogP contribution in [0, 0.1) is 13.8 Å². The zero-order valence-electron chi connectivity index (χ0n) is 14.9. The molecule has 0 bridgehead atoms. The van der Waals surface area contributed by atoms with Crippen LogP contribution in [-0.4, -0.2) is 21.0 Å². The predicted molar refractivity (Wildman–Crippen MR) is 107 cm³/mol. The van der Waals surface area contributed by atoms with E-state index in [-0.39, 0.29) is 12.5 Å². The summed E-state index contributed by atoms with van der Waals surface area (Å²) in [6.07, 6.45) is 1.54. The van der Waals surface area contributed by atoms with Crippen LogP contribution in [0.5, 0.6) is 0 Å². The molecule has 1 aromatic carbocycles. The van der Waals surface area contributed by atoms with E-state index in [0.29, 0.717) is 28.0 Å². The molecule has 0 unspecified atom stereocenters. The minimum absolute atomic E-state index is 0.167. The van der Waals surface area contributed by atoms with Gasteiger partial charge in [-0.1, -0.05) is 35.3 Å². The zero-order valence-corrected chi connectivity index (χ0v) is 16.4. The van der Waals surface area contributed by atoms with Crippen molar-refractivity contribution < 1.29 is 9.90 Å². The molecule has 3 rings (SSSR count). The van der Waals surface area contributed by atoms with Crippen LogP contribution in [0.3, 0.4) is 0 Å². The number of aliphatic hydroxyl groups excluding tert-OH is 1. The highest BCUT2D eigenvalue weighted by atomic mass is 35.5. The van der Waals surface area contributed by atoms with E-state index >= 15 is 0 Å². The Labute approximate surface area is 167 Å². The quantitative estimate of drug-likeness (QED) is 0.551. The van der Waals surface area contributed by atoms with Gasteiger partial charge in [-0.2, -0.15) is 0 Å². The summed E-state index contributed by atoms with van der Waals surface area (Å²) in [4.78, 5) is 19.8. The van der Waals surface area contributed by atoms with Crippen molar-refractivity contribution in [1.82, 2.24) is 15.3 Å². The standard InChI is InChI=1S/C20H19Cl2N3O2/c1-11-18(16-7-17(22)23-9-14(16)10-26)12(2)25-19(11)20(27)24-8-13-4-3-5-15(21)6-13/h3-7,9,25-26H,8,10H2,1-2H3,(H,24,27). The summed E-state index contributed by atoms with van der Waals surface area (Å²) in [6.45, 7) is 3.95. The van der Waals surface area contributed by atoms with Crippen molar-refractivity contribution in [3.8, 4) is 11.1 Å². The number of pyridine rings is 1. The van der Waals surface area contributed by atoms with Crippen molar-refractivity contribution in [3.63, 3.8) is 0 Å². The number of aliphatic hydroxyl groups is 1. The molecule has 2 heterocycles. The first-order valence-electron chi connectivity index (χ1n) is 8.38. The van der Waals surface area contributed by atoms with Crippen LogP contribution < -0.4 is 5.32 Å². The van der Waals surface area contributed by atoms with E-state index in [1.54, 1.807) is 18.3 Å². The third-order valence-electron chi connectivity index (χ3n) is 4.40. The molecule has 0 atom stereocenters. The number of amides is 1. The van der Waals surface area contributed by atoms with Gasteiger partial charge < -0.3 is 15.4 Å². The molecule has 7 heteroatoms. The van der Waals surface area contributed by atoms with Gasteiger partial charge >= 0.3 is 0 Å². The number of aryl methyl sites for hydroxylation is 1. The van der Waals surface area contributed by atoms with Crippen molar-refractivity contribution in [1.29, 1.82) is 0 Å². The van der Waals surface area contributed by atoms with Gasteiger partial charge in [-0.05, 0) is 48.7 Å². The number of H-pyrrole nitrogens is 1. The number of aromatic amines is 1. The number of hydrogen-bond acceptors (Lipinski definition) is 3.